The van der Waals surface area contributed by atoms with Crippen molar-refractivity contribution in [3.8, 4) is 0 Å². The molecule has 1 aliphatic rings. The van der Waals surface area contributed by atoms with E-state index in [1.54, 1.807) is 12.3 Å². The number of hydrogen-bond acceptors (Lipinski definition) is 4. The van der Waals surface area contributed by atoms with Crippen LogP contribution >= 0.6 is 0 Å². The van der Waals surface area contributed by atoms with Crippen LogP contribution < -0.4 is 16.9 Å². The number of rotatable bonds is 1. The molecule has 0 aliphatic carbocycles. The van der Waals surface area contributed by atoms with E-state index >= 15 is 0 Å². The summed E-state index contributed by atoms with van der Waals surface area (Å²) in [4.78, 5) is 0. The molecule has 5 N–H and O–H groups in total. The summed E-state index contributed by atoms with van der Waals surface area (Å²) in [5, 5.41) is 3.80. The van der Waals surface area contributed by atoms with Gasteiger partial charge in [0.25, 0.3) is 0 Å². The standard InChI is InChI=1S/C6H12N4/c1-2-6(8)5(7)3-4-9-10-6/h3-4,10H,2,7-8H2,1H3. The van der Waals surface area contributed by atoms with Crippen molar-refractivity contribution in [3.05, 3.63) is 11.8 Å². The zero-order valence-corrected chi connectivity index (χ0v) is 5.96. The molecule has 0 bridgehead atoms. The van der Waals surface area contributed by atoms with E-state index in [2.05, 4.69) is 10.5 Å². The molecule has 10 heavy (non-hydrogen) atoms. The number of allylic oxidation sites excluding steroid dienone is 1. The molecule has 0 spiro atoms. The van der Waals surface area contributed by atoms with Gasteiger partial charge in [-0.2, -0.15) is 5.10 Å². The second-order valence-corrected chi connectivity index (χ2v) is 2.34. The number of nitrogens with one attached hydrogen (secondary N) is 1. The Morgan fingerprint density at radius 1 is 1.80 bits per heavy atom. The molecule has 1 aliphatic heterocycles. The molecule has 1 unspecified atom stereocenters. The van der Waals surface area contributed by atoms with Gasteiger partial charge >= 0.3 is 0 Å². The predicted molar refractivity (Wildman–Crippen MR) is 41.1 cm³/mol. The largest absolute Gasteiger partial charge is 0.399 e. The topological polar surface area (TPSA) is 76.4 Å². The minimum absolute atomic E-state index is 0.630. The van der Waals surface area contributed by atoms with Crippen LogP contribution in [0.25, 0.3) is 0 Å². The van der Waals surface area contributed by atoms with Gasteiger partial charge in [0.05, 0.1) is 5.70 Å². The zero-order valence-electron chi connectivity index (χ0n) is 5.96. The molecule has 1 rings (SSSR count). The summed E-state index contributed by atoms with van der Waals surface area (Å²) in [6.07, 6.45) is 4.03. The molecule has 0 aromatic heterocycles. The second kappa shape index (κ2) is 2.30. The molecule has 0 saturated heterocycles. The van der Waals surface area contributed by atoms with Crippen LogP contribution in [0.15, 0.2) is 16.9 Å². The Balaban J connectivity index is 2.81. The highest BCUT2D eigenvalue weighted by Crippen LogP contribution is 2.11. The maximum absolute atomic E-state index is 5.78. The number of nitrogens with zero attached hydrogens (tertiary/aromatic N) is 1. The van der Waals surface area contributed by atoms with Crippen molar-refractivity contribution < 1.29 is 0 Å². The highest BCUT2D eigenvalue weighted by molar-refractivity contribution is 5.73. The molecular weight excluding hydrogens is 128 g/mol. The molecule has 0 aromatic carbocycles. The molecule has 0 fully saturated rings. The third-order valence-corrected chi connectivity index (χ3v) is 1.67. The summed E-state index contributed by atoms with van der Waals surface area (Å²) in [7, 11) is 0. The van der Waals surface area contributed by atoms with Crippen LogP contribution in [0.2, 0.25) is 0 Å². The van der Waals surface area contributed by atoms with Gasteiger partial charge < -0.3 is 11.5 Å². The van der Waals surface area contributed by atoms with Crippen molar-refractivity contribution in [1.82, 2.24) is 5.43 Å². The normalized spacial score (nSPS) is 31.2. The van der Waals surface area contributed by atoms with Crippen molar-refractivity contribution in [2.45, 2.75) is 19.0 Å². The Hall–Kier alpha value is -1.03. The van der Waals surface area contributed by atoms with Crippen molar-refractivity contribution in [3.63, 3.8) is 0 Å². The van der Waals surface area contributed by atoms with Crippen LogP contribution in [0.5, 0.6) is 0 Å². The summed E-state index contributed by atoms with van der Waals surface area (Å²) < 4.78 is 0. The van der Waals surface area contributed by atoms with Crippen LogP contribution in [0, 0.1) is 0 Å². The lowest BCUT2D eigenvalue weighted by molar-refractivity contribution is 0.383. The molecule has 4 heteroatoms. The summed E-state index contributed by atoms with van der Waals surface area (Å²) >= 11 is 0. The van der Waals surface area contributed by atoms with Gasteiger partial charge in [-0.05, 0) is 12.5 Å². The van der Waals surface area contributed by atoms with Crippen molar-refractivity contribution in [2.75, 3.05) is 0 Å². The van der Waals surface area contributed by atoms with Crippen molar-refractivity contribution >= 4 is 6.21 Å². The predicted octanol–water partition coefficient (Wildman–Crippen LogP) is -0.517. The van der Waals surface area contributed by atoms with E-state index in [9.17, 15) is 0 Å². The average Bonchev–Trinajstić information content (AvgIpc) is 1.96. The summed E-state index contributed by atoms with van der Waals surface area (Å²) in [6.45, 7) is 1.95. The summed E-state index contributed by atoms with van der Waals surface area (Å²) in [5.41, 5.74) is 14.1. The highest BCUT2D eigenvalue weighted by Gasteiger charge is 2.26. The Kier molecular flexibility index (Phi) is 1.63. The Bertz CT molecular complexity index is 184. The van der Waals surface area contributed by atoms with Gasteiger partial charge in [0, 0.05) is 6.21 Å². The van der Waals surface area contributed by atoms with E-state index in [-0.39, 0.29) is 0 Å². The molecule has 0 radical (unpaired) electrons. The average molecular weight is 140 g/mol. The van der Waals surface area contributed by atoms with E-state index in [1.807, 2.05) is 6.92 Å². The second-order valence-electron chi connectivity index (χ2n) is 2.34. The number of hydrogen-bond donors (Lipinski definition) is 3. The Morgan fingerprint density at radius 3 is 2.90 bits per heavy atom. The first-order valence-electron chi connectivity index (χ1n) is 3.24. The zero-order chi connectivity index (χ0) is 7.61. The SMILES string of the molecule is CCC1(N)NN=CC=C1N. The lowest BCUT2D eigenvalue weighted by Crippen LogP contribution is -2.55. The van der Waals surface area contributed by atoms with E-state index in [4.69, 9.17) is 11.5 Å². The van der Waals surface area contributed by atoms with E-state index in [0.29, 0.717) is 5.70 Å². The first-order valence-corrected chi connectivity index (χ1v) is 3.24. The summed E-state index contributed by atoms with van der Waals surface area (Å²) in [6, 6.07) is 0. The highest BCUT2D eigenvalue weighted by atomic mass is 15.4. The monoisotopic (exact) mass is 140 g/mol. The van der Waals surface area contributed by atoms with Crippen molar-refractivity contribution in [2.24, 2.45) is 16.6 Å². The van der Waals surface area contributed by atoms with Gasteiger partial charge in [0.1, 0.15) is 5.66 Å². The minimum atomic E-state index is -0.630. The molecule has 0 saturated carbocycles. The fourth-order valence-corrected chi connectivity index (χ4v) is 0.766. The minimum Gasteiger partial charge on any atom is -0.399 e. The van der Waals surface area contributed by atoms with Gasteiger partial charge in [-0.3, -0.25) is 5.43 Å². The van der Waals surface area contributed by atoms with Gasteiger partial charge in [0.15, 0.2) is 0 Å². The lowest BCUT2D eigenvalue weighted by Gasteiger charge is -2.29. The molecule has 1 atom stereocenters. The van der Waals surface area contributed by atoms with E-state index < -0.39 is 5.66 Å². The Labute approximate surface area is 60.0 Å². The van der Waals surface area contributed by atoms with Gasteiger partial charge in [0.2, 0.25) is 0 Å². The fraction of sp³-hybridized carbons (Fsp3) is 0.500. The van der Waals surface area contributed by atoms with E-state index in [0.717, 1.165) is 6.42 Å². The van der Waals surface area contributed by atoms with Gasteiger partial charge in [-0.25, -0.2) is 0 Å². The molecule has 0 aromatic rings. The fourth-order valence-electron chi connectivity index (χ4n) is 0.766. The van der Waals surface area contributed by atoms with Gasteiger partial charge in [-0.15, -0.1) is 0 Å². The maximum Gasteiger partial charge on any atom is 0.142 e. The van der Waals surface area contributed by atoms with Crippen molar-refractivity contribution in [1.29, 1.82) is 0 Å². The van der Waals surface area contributed by atoms with Crippen LogP contribution in [-0.2, 0) is 0 Å². The summed E-state index contributed by atoms with van der Waals surface area (Å²) in [5.74, 6) is 0. The quantitative estimate of drug-likeness (QED) is 0.459. The van der Waals surface area contributed by atoms with Crippen LogP contribution in [0.1, 0.15) is 13.3 Å². The smallest absolute Gasteiger partial charge is 0.142 e. The first kappa shape index (κ1) is 7.08. The third kappa shape index (κ3) is 0.974. The Morgan fingerprint density at radius 2 is 2.50 bits per heavy atom. The van der Waals surface area contributed by atoms with Crippen LogP contribution in [0.3, 0.4) is 0 Å². The van der Waals surface area contributed by atoms with Crippen LogP contribution in [-0.4, -0.2) is 11.9 Å². The molecule has 56 valence electrons. The molecule has 4 nitrogen and oxygen atoms in total. The molecular formula is C6H12N4. The lowest BCUT2D eigenvalue weighted by atomic mass is 10.0. The van der Waals surface area contributed by atoms with Gasteiger partial charge in [-0.1, -0.05) is 6.92 Å². The van der Waals surface area contributed by atoms with E-state index in [1.165, 1.54) is 0 Å². The first-order chi connectivity index (χ1) is 4.69. The number of nitrogens with two attached hydrogens (primary N) is 2. The molecule has 1 heterocycles. The molecule has 0 amide bonds. The van der Waals surface area contributed by atoms with Crippen LogP contribution in [0.4, 0.5) is 0 Å². The number of hydrazone groups is 1. The third-order valence-electron chi connectivity index (χ3n) is 1.67. The maximum atomic E-state index is 5.78.